The summed E-state index contributed by atoms with van der Waals surface area (Å²) in [6, 6.07) is 19.0. The van der Waals surface area contributed by atoms with Crippen molar-refractivity contribution in [2.75, 3.05) is 11.6 Å². The van der Waals surface area contributed by atoms with E-state index >= 15 is 0 Å². The molecule has 0 saturated carbocycles. The van der Waals surface area contributed by atoms with Gasteiger partial charge in [0.05, 0.1) is 21.7 Å². The van der Waals surface area contributed by atoms with E-state index in [1.54, 1.807) is 30.6 Å². The molecule has 1 N–H and O–H groups in total. The van der Waals surface area contributed by atoms with Gasteiger partial charge in [-0.2, -0.15) is 0 Å². The van der Waals surface area contributed by atoms with Gasteiger partial charge in [0.15, 0.2) is 9.84 Å². The highest BCUT2D eigenvalue weighted by atomic mass is 32.2. The molecule has 7 heteroatoms. The lowest BCUT2D eigenvalue weighted by atomic mass is 10.0. The number of nitrogens with one attached hydrogen (secondary N) is 1. The zero-order valence-corrected chi connectivity index (χ0v) is 16.3. The molecule has 144 valence electrons. The lowest BCUT2D eigenvalue weighted by molar-refractivity contribution is 0.102. The van der Waals surface area contributed by atoms with Gasteiger partial charge in [0.1, 0.15) is 0 Å². The number of hydrogen-bond donors (Lipinski definition) is 1. The Labute approximate surface area is 168 Å². The van der Waals surface area contributed by atoms with E-state index in [1.807, 2.05) is 36.4 Å². The number of hydrogen-bond acceptors (Lipinski definition) is 5. The third-order valence-corrected chi connectivity index (χ3v) is 5.55. The van der Waals surface area contributed by atoms with Crippen LogP contribution in [0.4, 0.5) is 5.69 Å². The fraction of sp³-hybridized carbons (Fsp3) is 0.0455. The van der Waals surface area contributed by atoms with E-state index in [0.717, 1.165) is 11.8 Å². The standard InChI is InChI=1S/C22H17N3O3S/c1-29(27,28)17-8-4-7-16(12-17)24-22(26)19-13-21(15-6-5-11-23-14-15)25-20-10-3-2-9-18(19)20/h2-14H,1H3,(H,24,26). The lowest BCUT2D eigenvalue weighted by Crippen LogP contribution is -2.13. The number of benzene rings is 2. The molecule has 2 aromatic carbocycles. The topological polar surface area (TPSA) is 89.0 Å². The van der Waals surface area contributed by atoms with Crippen molar-refractivity contribution in [2.45, 2.75) is 4.90 Å². The average Bonchev–Trinajstić information content (AvgIpc) is 2.73. The maximum Gasteiger partial charge on any atom is 0.256 e. The molecule has 0 radical (unpaired) electrons. The molecule has 0 bridgehead atoms. The van der Waals surface area contributed by atoms with Crippen LogP contribution < -0.4 is 5.32 Å². The SMILES string of the molecule is CS(=O)(=O)c1cccc(NC(=O)c2cc(-c3cccnc3)nc3ccccc23)c1. The molecule has 0 aliphatic heterocycles. The lowest BCUT2D eigenvalue weighted by Gasteiger charge is -2.11. The van der Waals surface area contributed by atoms with Gasteiger partial charge in [-0.15, -0.1) is 0 Å². The number of pyridine rings is 2. The Kier molecular flexibility index (Phi) is 4.82. The van der Waals surface area contributed by atoms with Gasteiger partial charge in [-0.05, 0) is 42.5 Å². The summed E-state index contributed by atoms with van der Waals surface area (Å²) in [5.41, 5.74) is 2.96. The van der Waals surface area contributed by atoms with Crippen molar-refractivity contribution in [3.63, 3.8) is 0 Å². The molecular weight excluding hydrogens is 386 g/mol. The highest BCUT2D eigenvalue weighted by Gasteiger charge is 2.15. The number of amides is 1. The third-order valence-electron chi connectivity index (χ3n) is 4.44. The Morgan fingerprint density at radius 3 is 2.55 bits per heavy atom. The molecule has 2 aromatic heterocycles. The number of rotatable bonds is 4. The second-order valence-corrected chi connectivity index (χ2v) is 8.58. The highest BCUT2D eigenvalue weighted by molar-refractivity contribution is 7.90. The van der Waals surface area contributed by atoms with Crippen molar-refractivity contribution < 1.29 is 13.2 Å². The van der Waals surface area contributed by atoms with Gasteiger partial charge in [0.2, 0.25) is 0 Å². The second kappa shape index (κ2) is 7.44. The predicted molar refractivity (Wildman–Crippen MR) is 112 cm³/mol. The number of carbonyl (C=O) groups excluding carboxylic acids is 1. The summed E-state index contributed by atoms with van der Waals surface area (Å²) < 4.78 is 23.6. The van der Waals surface area contributed by atoms with Gasteiger partial charge in [0.25, 0.3) is 5.91 Å². The van der Waals surface area contributed by atoms with Gasteiger partial charge in [-0.3, -0.25) is 9.78 Å². The minimum absolute atomic E-state index is 0.144. The van der Waals surface area contributed by atoms with Crippen LogP contribution >= 0.6 is 0 Å². The molecule has 0 saturated heterocycles. The smallest absolute Gasteiger partial charge is 0.256 e. The van der Waals surface area contributed by atoms with E-state index in [4.69, 9.17) is 0 Å². The van der Waals surface area contributed by atoms with Crippen LogP contribution in [0, 0.1) is 0 Å². The van der Waals surface area contributed by atoms with Crippen molar-refractivity contribution in [1.29, 1.82) is 0 Å². The molecule has 29 heavy (non-hydrogen) atoms. The van der Waals surface area contributed by atoms with Gasteiger partial charge < -0.3 is 5.32 Å². The number of nitrogens with zero attached hydrogens (tertiary/aromatic N) is 2. The van der Waals surface area contributed by atoms with Crippen LogP contribution in [0.15, 0.2) is 84.0 Å². The Bertz CT molecular complexity index is 1320. The molecular formula is C22H17N3O3S. The van der Waals surface area contributed by atoms with Crippen LogP contribution in [0.25, 0.3) is 22.2 Å². The first-order chi connectivity index (χ1) is 13.9. The van der Waals surface area contributed by atoms with Crippen LogP contribution in [-0.4, -0.2) is 30.5 Å². The molecule has 0 aliphatic carbocycles. The molecule has 2 heterocycles. The molecule has 1 amide bonds. The van der Waals surface area contributed by atoms with Gasteiger partial charge in [-0.25, -0.2) is 13.4 Å². The number of sulfone groups is 1. The van der Waals surface area contributed by atoms with Gasteiger partial charge in [-0.1, -0.05) is 24.3 Å². The Balaban J connectivity index is 1.78. The molecule has 4 rings (SSSR count). The van der Waals surface area contributed by atoms with Crippen LogP contribution in [-0.2, 0) is 9.84 Å². The normalized spacial score (nSPS) is 11.3. The summed E-state index contributed by atoms with van der Waals surface area (Å²) in [5.74, 6) is -0.348. The molecule has 4 aromatic rings. The monoisotopic (exact) mass is 403 g/mol. The molecule has 0 spiro atoms. The van der Waals surface area contributed by atoms with E-state index in [9.17, 15) is 13.2 Å². The summed E-state index contributed by atoms with van der Waals surface area (Å²) in [7, 11) is -3.37. The molecule has 6 nitrogen and oxygen atoms in total. The second-order valence-electron chi connectivity index (χ2n) is 6.57. The summed E-state index contributed by atoms with van der Waals surface area (Å²) in [5, 5.41) is 3.50. The Morgan fingerprint density at radius 2 is 1.79 bits per heavy atom. The number of fused-ring (bicyclic) bond motifs is 1. The zero-order chi connectivity index (χ0) is 20.4. The van der Waals surface area contributed by atoms with Crippen LogP contribution in [0.3, 0.4) is 0 Å². The summed E-state index contributed by atoms with van der Waals surface area (Å²) in [6.45, 7) is 0. The first-order valence-corrected chi connectivity index (χ1v) is 10.7. The summed E-state index contributed by atoms with van der Waals surface area (Å²) >= 11 is 0. The Hall–Kier alpha value is -3.58. The Morgan fingerprint density at radius 1 is 0.966 bits per heavy atom. The van der Waals surface area contributed by atoms with Crippen molar-refractivity contribution in [3.8, 4) is 11.3 Å². The van der Waals surface area contributed by atoms with Crippen LogP contribution in [0.5, 0.6) is 0 Å². The minimum atomic E-state index is -3.37. The maximum atomic E-state index is 13.1. The number of para-hydroxylation sites is 1. The van der Waals surface area contributed by atoms with E-state index in [0.29, 0.717) is 27.8 Å². The highest BCUT2D eigenvalue weighted by Crippen LogP contribution is 2.25. The third kappa shape index (κ3) is 4.00. The van der Waals surface area contributed by atoms with E-state index in [2.05, 4.69) is 15.3 Å². The molecule has 0 atom stereocenters. The predicted octanol–water partition coefficient (Wildman–Crippen LogP) is 3.95. The summed E-state index contributed by atoms with van der Waals surface area (Å²) in [6.07, 6.45) is 4.49. The van der Waals surface area contributed by atoms with Gasteiger partial charge >= 0.3 is 0 Å². The van der Waals surface area contributed by atoms with Crippen molar-refractivity contribution in [3.05, 3.63) is 84.7 Å². The first-order valence-electron chi connectivity index (χ1n) is 8.83. The van der Waals surface area contributed by atoms with E-state index in [-0.39, 0.29) is 10.8 Å². The number of aromatic nitrogens is 2. The largest absolute Gasteiger partial charge is 0.322 e. The number of anilines is 1. The minimum Gasteiger partial charge on any atom is -0.322 e. The molecule has 0 fully saturated rings. The van der Waals surface area contributed by atoms with Gasteiger partial charge in [0, 0.05) is 35.3 Å². The van der Waals surface area contributed by atoms with Crippen molar-refractivity contribution >= 4 is 32.3 Å². The van der Waals surface area contributed by atoms with Crippen molar-refractivity contribution in [1.82, 2.24) is 9.97 Å². The molecule has 0 unspecified atom stereocenters. The number of carbonyl (C=O) groups is 1. The zero-order valence-electron chi connectivity index (χ0n) is 15.5. The van der Waals surface area contributed by atoms with E-state index < -0.39 is 9.84 Å². The fourth-order valence-electron chi connectivity index (χ4n) is 3.03. The van der Waals surface area contributed by atoms with E-state index in [1.165, 1.54) is 12.1 Å². The van der Waals surface area contributed by atoms with Crippen LogP contribution in [0.1, 0.15) is 10.4 Å². The quantitative estimate of drug-likeness (QED) is 0.557. The van der Waals surface area contributed by atoms with Crippen LogP contribution in [0.2, 0.25) is 0 Å². The average molecular weight is 403 g/mol. The first kappa shape index (κ1) is 18.8. The molecule has 0 aliphatic rings. The van der Waals surface area contributed by atoms with Crippen molar-refractivity contribution in [2.24, 2.45) is 0 Å². The maximum absolute atomic E-state index is 13.1. The summed E-state index contributed by atoms with van der Waals surface area (Å²) in [4.78, 5) is 22.0. The fourth-order valence-corrected chi connectivity index (χ4v) is 3.70.